The zero-order valence-corrected chi connectivity index (χ0v) is 11.4. The minimum Gasteiger partial charge on any atom is -0.490 e. The molecule has 0 spiro atoms. The van der Waals surface area contributed by atoms with Crippen LogP contribution in [0.1, 0.15) is 31.2 Å². The second-order valence-electron chi connectivity index (χ2n) is 4.80. The Labute approximate surface area is 112 Å². The minimum atomic E-state index is -0.206. The molecule has 0 saturated heterocycles. The third kappa shape index (κ3) is 2.80. The number of nitriles is 1. The molecule has 0 heterocycles. The van der Waals surface area contributed by atoms with Gasteiger partial charge in [-0.25, -0.2) is 0 Å². The van der Waals surface area contributed by atoms with Crippen LogP contribution in [0.3, 0.4) is 0 Å². The fourth-order valence-corrected chi connectivity index (χ4v) is 2.92. The second-order valence-corrected chi connectivity index (χ2v) is 5.65. The van der Waals surface area contributed by atoms with Gasteiger partial charge in [-0.1, -0.05) is 18.9 Å². The Balaban J connectivity index is 2.12. The molecule has 1 aromatic carbocycles. The van der Waals surface area contributed by atoms with E-state index in [4.69, 9.17) is 10.5 Å². The van der Waals surface area contributed by atoms with E-state index in [2.05, 4.69) is 6.07 Å². The van der Waals surface area contributed by atoms with Crippen molar-refractivity contribution in [3.63, 3.8) is 0 Å². The second kappa shape index (κ2) is 5.64. The molecule has 96 valence electrons. The first-order valence-corrected chi connectivity index (χ1v) is 7.40. The van der Waals surface area contributed by atoms with Gasteiger partial charge >= 0.3 is 0 Å². The molecular weight excluding hydrogens is 244 g/mol. The van der Waals surface area contributed by atoms with Crippen molar-refractivity contribution < 1.29 is 4.74 Å². The van der Waals surface area contributed by atoms with Crippen molar-refractivity contribution in [1.82, 2.24) is 0 Å². The molecule has 1 fully saturated rings. The van der Waals surface area contributed by atoms with Crippen LogP contribution >= 0.6 is 11.8 Å². The summed E-state index contributed by atoms with van der Waals surface area (Å²) in [4.78, 5) is 0.951. The van der Waals surface area contributed by atoms with E-state index >= 15 is 0 Å². The summed E-state index contributed by atoms with van der Waals surface area (Å²) in [6, 6.07) is 7.91. The predicted octanol–water partition coefficient (Wildman–Crippen LogP) is 2.93. The van der Waals surface area contributed by atoms with E-state index in [1.54, 1.807) is 11.8 Å². The Bertz CT molecular complexity index is 461. The van der Waals surface area contributed by atoms with Gasteiger partial charge in [-0.3, -0.25) is 0 Å². The molecule has 3 nitrogen and oxygen atoms in total. The van der Waals surface area contributed by atoms with Gasteiger partial charge in [0, 0.05) is 4.90 Å². The molecular formula is C14H18N2OS. The highest BCUT2D eigenvalue weighted by atomic mass is 32.2. The molecule has 1 aliphatic rings. The van der Waals surface area contributed by atoms with E-state index in [1.807, 2.05) is 24.5 Å². The van der Waals surface area contributed by atoms with Gasteiger partial charge in [-0.05, 0) is 31.2 Å². The number of thioether (sulfide) groups is 1. The van der Waals surface area contributed by atoms with E-state index in [-0.39, 0.29) is 5.54 Å². The van der Waals surface area contributed by atoms with E-state index in [0.717, 1.165) is 17.7 Å². The van der Waals surface area contributed by atoms with Crippen LogP contribution < -0.4 is 10.5 Å². The zero-order valence-electron chi connectivity index (χ0n) is 10.6. The van der Waals surface area contributed by atoms with Crippen LogP contribution in [-0.4, -0.2) is 18.4 Å². The summed E-state index contributed by atoms with van der Waals surface area (Å²) in [7, 11) is 0. The average Bonchev–Trinajstić information content (AvgIpc) is 2.83. The van der Waals surface area contributed by atoms with Crippen LogP contribution in [0.5, 0.6) is 5.75 Å². The number of nitrogens with two attached hydrogens (primary N) is 1. The third-order valence-corrected chi connectivity index (χ3v) is 4.21. The van der Waals surface area contributed by atoms with E-state index < -0.39 is 0 Å². The van der Waals surface area contributed by atoms with Crippen molar-refractivity contribution in [2.24, 2.45) is 5.73 Å². The van der Waals surface area contributed by atoms with Crippen molar-refractivity contribution in [1.29, 1.82) is 5.26 Å². The summed E-state index contributed by atoms with van der Waals surface area (Å²) in [6.07, 6.45) is 6.33. The van der Waals surface area contributed by atoms with Gasteiger partial charge in [0.1, 0.15) is 24.0 Å². The van der Waals surface area contributed by atoms with Gasteiger partial charge in [-0.2, -0.15) is 5.26 Å². The normalized spacial score (nSPS) is 17.4. The molecule has 0 radical (unpaired) electrons. The largest absolute Gasteiger partial charge is 0.490 e. The average molecular weight is 262 g/mol. The van der Waals surface area contributed by atoms with Gasteiger partial charge < -0.3 is 10.5 Å². The molecule has 1 saturated carbocycles. The van der Waals surface area contributed by atoms with Crippen molar-refractivity contribution in [2.75, 3.05) is 12.9 Å². The maximum atomic E-state index is 9.21. The number of benzene rings is 1. The standard InChI is InChI=1S/C14H18N2OS/c1-18-13-6-4-5-12(11(13)9-15)17-10-14(16)7-2-3-8-14/h4-6H,2-3,7-8,10,16H2,1H3. The Morgan fingerprint density at radius 2 is 2.17 bits per heavy atom. The zero-order chi connectivity index (χ0) is 13.0. The molecule has 1 aliphatic carbocycles. The topological polar surface area (TPSA) is 59.0 Å². The molecule has 1 aromatic rings. The van der Waals surface area contributed by atoms with Crippen LogP contribution in [0.25, 0.3) is 0 Å². The highest BCUT2D eigenvalue weighted by molar-refractivity contribution is 7.98. The van der Waals surface area contributed by atoms with Gasteiger partial charge in [0.2, 0.25) is 0 Å². The van der Waals surface area contributed by atoms with Gasteiger partial charge in [-0.15, -0.1) is 11.8 Å². The molecule has 2 rings (SSSR count). The quantitative estimate of drug-likeness (QED) is 0.848. The minimum absolute atomic E-state index is 0.206. The fourth-order valence-electron chi connectivity index (χ4n) is 2.36. The number of hydrogen-bond acceptors (Lipinski definition) is 4. The maximum Gasteiger partial charge on any atom is 0.138 e. The highest BCUT2D eigenvalue weighted by Gasteiger charge is 2.30. The Kier molecular flexibility index (Phi) is 4.15. The molecule has 0 amide bonds. The fraction of sp³-hybridized carbons (Fsp3) is 0.500. The summed E-state index contributed by atoms with van der Waals surface area (Å²) in [5, 5.41) is 9.21. The van der Waals surface area contributed by atoms with Gasteiger partial charge in [0.05, 0.1) is 5.54 Å². The van der Waals surface area contributed by atoms with Crippen molar-refractivity contribution in [2.45, 2.75) is 36.1 Å². The number of ether oxygens (including phenoxy) is 1. The Morgan fingerprint density at radius 1 is 1.44 bits per heavy atom. The summed E-state index contributed by atoms with van der Waals surface area (Å²) >= 11 is 1.56. The molecule has 0 bridgehead atoms. The van der Waals surface area contributed by atoms with Crippen LogP contribution in [0, 0.1) is 11.3 Å². The van der Waals surface area contributed by atoms with Crippen molar-refractivity contribution in [3.8, 4) is 11.8 Å². The SMILES string of the molecule is CSc1cccc(OCC2(N)CCCC2)c1C#N. The van der Waals surface area contributed by atoms with Crippen LogP contribution in [0.4, 0.5) is 0 Å². The van der Waals surface area contributed by atoms with E-state index in [9.17, 15) is 5.26 Å². The van der Waals surface area contributed by atoms with E-state index in [1.165, 1.54) is 12.8 Å². The summed E-state index contributed by atoms with van der Waals surface area (Å²) in [5.74, 6) is 0.654. The summed E-state index contributed by atoms with van der Waals surface area (Å²) in [5.41, 5.74) is 6.67. The van der Waals surface area contributed by atoms with Gasteiger partial charge in [0.15, 0.2) is 0 Å². The number of hydrogen-bond donors (Lipinski definition) is 1. The smallest absolute Gasteiger partial charge is 0.138 e. The third-order valence-electron chi connectivity index (χ3n) is 3.43. The predicted molar refractivity (Wildman–Crippen MR) is 73.8 cm³/mol. The highest BCUT2D eigenvalue weighted by Crippen LogP contribution is 2.31. The van der Waals surface area contributed by atoms with E-state index in [0.29, 0.717) is 17.9 Å². The van der Waals surface area contributed by atoms with Crippen LogP contribution in [-0.2, 0) is 0 Å². The monoisotopic (exact) mass is 262 g/mol. The molecule has 4 heteroatoms. The molecule has 0 atom stereocenters. The molecule has 0 aliphatic heterocycles. The summed E-state index contributed by atoms with van der Waals surface area (Å²) < 4.78 is 5.80. The maximum absolute atomic E-state index is 9.21. The molecule has 18 heavy (non-hydrogen) atoms. The molecule has 0 aromatic heterocycles. The lowest BCUT2D eigenvalue weighted by atomic mass is 10.0. The molecule has 0 unspecified atom stereocenters. The first-order chi connectivity index (χ1) is 8.68. The van der Waals surface area contributed by atoms with Gasteiger partial charge in [0.25, 0.3) is 0 Å². The van der Waals surface area contributed by atoms with Crippen molar-refractivity contribution in [3.05, 3.63) is 23.8 Å². The summed E-state index contributed by atoms with van der Waals surface area (Å²) in [6.45, 7) is 0.500. The lowest BCUT2D eigenvalue weighted by molar-refractivity contribution is 0.219. The number of nitrogens with zero attached hydrogens (tertiary/aromatic N) is 1. The van der Waals surface area contributed by atoms with Crippen molar-refractivity contribution >= 4 is 11.8 Å². The van der Waals surface area contributed by atoms with Crippen LogP contribution in [0.15, 0.2) is 23.1 Å². The Morgan fingerprint density at radius 3 is 2.78 bits per heavy atom. The first kappa shape index (κ1) is 13.3. The number of rotatable bonds is 4. The Hall–Kier alpha value is -1.18. The lowest BCUT2D eigenvalue weighted by Gasteiger charge is -2.24. The first-order valence-electron chi connectivity index (χ1n) is 6.17. The molecule has 2 N–H and O–H groups in total. The lowest BCUT2D eigenvalue weighted by Crippen LogP contribution is -2.42. The van der Waals surface area contributed by atoms with Crippen LogP contribution in [0.2, 0.25) is 0 Å².